The van der Waals surface area contributed by atoms with E-state index >= 15 is 0 Å². The van der Waals surface area contributed by atoms with Crippen LogP contribution in [0.2, 0.25) is 6.04 Å². The molecule has 1 unspecified atom stereocenters. The molecule has 0 heterocycles. The fourth-order valence-electron chi connectivity index (χ4n) is 2.63. The molecule has 2 N–H and O–H groups in total. The Labute approximate surface area is 152 Å². The van der Waals surface area contributed by atoms with Crippen LogP contribution in [0.15, 0.2) is 0 Å². The third-order valence-corrected chi connectivity index (χ3v) is 7.40. The second-order valence-corrected chi connectivity index (χ2v) is 9.34. The topological polar surface area (TPSA) is 53.7 Å². The van der Waals surface area contributed by atoms with Crippen LogP contribution in [0.5, 0.6) is 0 Å². The molecule has 0 aliphatic rings. The first kappa shape index (κ1) is 24.1. The summed E-state index contributed by atoms with van der Waals surface area (Å²) >= 11 is 0. The van der Waals surface area contributed by atoms with Crippen molar-refractivity contribution in [1.82, 2.24) is 0 Å². The summed E-state index contributed by atoms with van der Waals surface area (Å²) in [5.41, 5.74) is 5.71. The van der Waals surface area contributed by atoms with Gasteiger partial charge in [-0.05, 0) is 44.6 Å². The SMILES string of the molecule is CCCCO[Si](CC(CC)CCCN)(OCCCC)OCCCC. The van der Waals surface area contributed by atoms with Gasteiger partial charge in [0.1, 0.15) is 0 Å². The summed E-state index contributed by atoms with van der Waals surface area (Å²) in [6.07, 6.45) is 9.99. The van der Waals surface area contributed by atoms with Crippen LogP contribution in [0, 0.1) is 5.92 Å². The Bertz CT molecular complexity index is 240. The molecule has 0 saturated carbocycles. The quantitative estimate of drug-likeness (QED) is 0.271. The van der Waals surface area contributed by atoms with Gasteiger partial charge in [-0.15, -0.1) is 0 Å². The van der Waals surface area contributed by atoms with Crippen LogP contribution in [0.1, 0.15) is 85.5 Å². The van der Waals surface area contributed by atoms with Crippen molar-refractivity contribution in [2.75, 3.05) is 26.4 Å². The first-order valence-electron chi connectivity index (χ1n) is 10.3. The summed E-state index contributed by atoms with van der Waals surface area (Å²) < 4.78 is 19.0. The molecule has 24 heavy (non-hydrogen) atoms. The summed E-state index contributed by atoms with van der Waals surface area (Å²) in [4.78, 5) is 0. The second kappa shape index (κ2) is 16.5. The number of unbranched alkanes of at least 4 members (excludes halogenated alkanes) is 3. The van der Waals surface area contributed by atoms with Crippen LogP contribution < -0.4 is 5.73 Å². The second-order valence-electron chi connectivity index (χ2n) is 6.70. The zero-order valence-corrected chi connectivity index (χ0v) is 17.8. The molecule has 0 aromatic heterocycles. The number of hydrogen-bond acceptors (Lipinski definition) is 4. The van der Waals surface area contributed by atoms with Crippen molar-refractivity contribution < 1.29 is 13.3 Å². The van der Waals surface area contributed by atoms with Gasteiger partial charge in [0.25, 0.3) is 0 Å². The van der Waals surface area contributed by atoms with Crippen LogP contribution in [0.3, 0.4) is 0 Å². The number of rotatable bonds is 18. The predicted octanol–water partition coefficient (Wildman–Crippen LogP) is 5.14. The van der Waals surface area contributed by atoms with Gasteiger partial charge in [0, 0.05) is 25.9 Å². The lowest BCUT2D eigenvalue weighted by atomic mass is 10.0. The van der Waals surface area contributed by atoms with Crippen molar-refractivity contribution in [2.24, 2.45) is 11.7 Å². The lowest BCUT2D eigenvalue weighted by molar-refractivity contribution is 0.0517. The first-order chi connectivity index (χ1) is 11.7. The van der Waals surface area contributed by atoms with Gasteiger partial charge in [0.2, 0.25) is 0 Å². The van der Waals surface area contributed by atoms with Crippen molar-refractivity contribution in [3.05, 3.63) is 0 Å². The Hall–Kier alpha value is 0.0569. The Kier molecular flexibility index (Phi) is 16.6. The molecular weight excluding hydrogens is 318 g/mol. The highest BCUT2D eigenvalue weighted by Gasteiger charge is 2.42. The van der Waals surface area contributed by atoms with Gasteiger partial charge in [-0.3, -0.25) is 0 Å². The molecule has 0 aromatic carbocycles. The molecule has 0 aliphatic carbocycles. The van der Waals surface area contributed by atoms with Gasteiger partial charge in [0.15, 0.2) is 0 Å². The highest BCUT2D eigenvalue weighted by molar-refractivity contribution is 6.60. The van der Waals surface area contributed by atoms with Crippen LogP contribution in [-0.2, 0) is 13.3 Å². The van der Waals surface area contributed by atoms with Gasteiger partial charge < -0.3 is 19.0 Å². The molecule has 1 atom stereocenters. The molecule has 5 heteroatoms. The maximum Gasteiger partial charge on any atom is 0.501 e. The van der Waals surface area contributed by atoms with E-state index in [0.717, 1.165) is 90.2 Å². The van der Waals surface area contributed by atoms with E-state index in [-0.39, 0.29) is 0 Å². The molecule has 0 aromatic rings. The van der Waals surface area contributed by atoms with Gasteiger partial charge in [0.05, 0.1) is 0 Å². The third-order valence-electron chi connectivity index (χ3n) is 4.39. The van der Waals surface area contributed by atoms with Crippen molar-refractivity contribution in [3.63, 3.8) is 0 Å². The molecule has 0 saturated heterocycles. The van der Waals surface area contributed by atoms with E-state index in [1.807, 2.05) is 0 Å². The fourth-order valence-corrected chi connectivity index (χ4v) is 5.80. The molecule has 0 rings (SSSR count). The smallest absolute Gasteiger partial charge is 0.373 e. The molecule has 0 amide bonds. The van der Waals surface area contributed by atoms with E-state index in [2.05, 4.69) is 27.7 Å². The molecule has 0 bridgehead atoms. The zero-order valence-electron chi connectivity index (χ0n) is 16.8. The lowest BCUT2D eigenvalue weighted by Gasteiger charge is -2.32. The molecule has 146 valence electrons. The lowest BCUT2D eigenvalue weighted by Crippen LogP contribution is -2.48. The summed E-state index contributed by atoms with van der Waals surface area (Å²) in [7, 11) is -2.58. The molecule has 0 fully saturated rings. The zero-order chi connectivity index (χ0) is 18.1. The maximum atomic E-state index is 6.34. The first-order valence-corrected chi connectivity index (χ1v) is 12.2. The predicted molar refractivity (Wildman–Crippen MR) is 105 cm³/mol. The van der Waals surface area contributed by atoms with Crippen molar-refractivity contribution >= 4 is 8.80 Å². The molecule has 0 aliphatic heterocycles. The standard InChI is InChI=1S/C19H43NO3Si/c1-5-9-15-21-24(22-16-10-6-2,23-17-11-7-3)18-19(8-4)13-12-14-20/h19H,5-18,20H2,1-4H3. The largest absolute Gasteiger partial charge is 0.501 e. The van der Waals surface area contributed by atoms with E-state index in [1.165, 1.54) is 0 Å². The summed E-state index contributed by atoms with van der Waals surface area (Å²) in [5, 5.41) is 0. The van der Waals surface area contributed by atoms with Gasteiger partial charge >= 0.3 is 8.80 Å². The minimum atomic E-state index is -2.58. The minimum absolute atomic E-state index is 0.588. The fraction of sp³-hybridized carbons (Fsp3) is 1.00. The summed E-state index contributed by atoms with van der Waals surface area (Å²) in [6, 6.07) is 0.945. The van der Waals surface area contributed by atoms with Gasteiger partial charge in [-0.25, -0.2) is 0 Å². The maximum absolute atomic E-state index is 6.34. The van der Waals surface area contributed by atoms with Crippen molar-refractivity contribution in [3.8, 4) is 0 Å². The van der Waals surface area contributed by atoms with E-state index in [4.69, 9.17) is 19.0 Å². The molecule has 0 radical (unpaired) electrons. The van der Waals surface area contributed by atoms with Crippen LogP contribution in [0.4, 0.5) is 0 Å². The highest BCUT2D eigenvalue weighted by Crippen LogP contribution is 2.28. The van der Waals surface area contributed by atoms with E-state index in [1.54, 1.807) is 0 Å². The number of nitrogens with two attached hydrogens (primary N) is 1. The Morgan fingerprint density at radius 2 is 1.21 bits per heavy atom. The Balaban J connectivity index is 4.93. The average molecular weight is 362 g/mol. The monoisotopic (exact) mass is 361 g/mol. The van der Waals surface area contributed by atoms with Crippen molar-refractivity contribution in [2.45, 2.75) is 91.5 Å². The number of hydrogen-bond donors (Lipinski definition) is 1. The van der Waals surface area contributed by atoms with Gasteiger partial charge in [-0.1, -0.05) is 53.4 Å². The van der Waals surface area contributed by atoms with Crippen LogP contribution >= 0.6 is 0 Å². The molecule has 4 nitrogen and oxygen atoms in total. The van der Waals surface area contributed by atoms with Crippen LogP contribution in [0.25, 0.3) is 0 Å². The van der Waals surface area contributed by atoms with E-state index < -0.39 is 8.80 Å². The van der Waals surface area contributed by atoms with Crippen molar-refractivity contribution in [1.29, 1.82) is 0 Å². The van der Waals surface area contributed by atoms with E-state index in [0.29, 0.717) is 5.92 Å². The summed E-state index contributed by atoms with van der Waals surface area (Å²) in [5.74, 6) is 0.588. The molecular formula is C19H43NO3Si. The Morgan fingerprint density at radius 3 is 1.54 bits per heavy atom. The third kappa shape index (κ3) is 11.6. The van der Waals surface area contributed by atoms with Gasteiger partial charge in [-0.2, -0.15) is 0 Å². The van der Waals surface area contributed by atoms with Crippen LogP contribution in [-0.4, -0.2) is 35.2 Å². The van der Waals surface area contributed by atoms with E-state index in [9.17, 15) is 0 Å². The summed E-state index contributed by atoms with van der Waals surface area (Å²) in [6.45, 7) is 11.9. The minimum Gasteiger partial charge on any atom is -0.373 e. The average Bonchev–Trinajstić information content (AvgIpc) is 2.59. The normalized spacial score (nSPS) is 13.4. The Morgan fingerprint density at radius 1 is 0.750 bits per heavy atom. The highest BCUT2D eigenvalue weighted by atomic mass is 28.4. The molecule has 0 spiro atoms.